The lowest BCUT2D eigenvalue weighted by Gasteiger charge is -2.32. The Morgan fingerprint density at radius 2 is 1.59 bits per heavy atom. The van der Waals surface area contributed by atoms with E-state index in [0.29, 0.717) is 0 Å². The minimum absolute atomic E-state index is 0. The Hall–Kier alpha value is -0.705. The fourth-order valence-electron chi connectivity index (χ4n) is 1.68. The van der Waals surface area contributed by atoms with Crippen LogP contribution in [0.3, 0.4) is 0 Å². The van der Waals surface area contributed by atoms with Crippen LogP contribution in [-0.2, 0) is 9.31 Å². The van der Waals surface area contributed by atoms with E-state index in [0.717, 1.165) is 11.2 Å². The number of benzene rings is 1. The van der Waals surface area contributed by atoms with Crippen LogP contribution in [0.4, 0.5) is 5.69 Å². The molecule has 0 amide bonds. The fourth-order valence-corrected chi connectivity index (χ4v) is 1.68. The highest BCUT2D eigenvalue weighted by molar-refractivity contribution is 6.62. The molecule has 0 radical (unpaired) electrons. The lowest BCUT2D eigenvalue weighted by molar-refractivity contribution is 0.00578. The molecule has 0 aliphatic carbocycles. The molecule has 0 saturated carbocycles. The van der Waals surface area contributed by atoms with Crippen LogP contribution in [0, 0.1) is 0 Å². The Kier molecular flexibility index (Phi) is 3.82. The molecule has 1 aliphatic heterocycles. The second-order valence-corrected chi connectivity index (χ2v) is 5.26. The molecule has 2 N–H and O–H groups in total. The average molecular weight is 256 g/mol. The Morgan fingerprint density at radius 3 is 2.06 bits per heavy atom. The van der Waals surface area contributed by atoms with Crippen molar-refractivity contribution in [2.45, 2.75) is 38.9 Å². The van der Waals surface area contributed by atoms with Crippen molar-refractivity contribution >= 4 is 30.7 Å². The number of nitrogen functional groups attached to an aromatic ring is 1. The molecule has 0 spiro atoms. The van der Waals surface area contributed by atoms with Crippen LogP contribution < -0.4 is 11.2 Å². The fraction of sp³-hybridized carbons (Fsp3) is 0.500. The third-order valence-corrected chi connectivity index (χ3v) is 3.44. The van der Waals surface area contributed by atoms with Crippen LogP contribution in [-0.4, -0.2) is 18.3 Å². The maximum absolute atomic E-state index is 5.93. The molecule has 1 aromatic carbocycles. The Morgan fingerprint density at radius 1 is 1.06 bits per heavy atom. The minimum atomic E-state index is -0.325. The lowest BCUT2D eigenvalue weighted by atomic mass is 9.79. The summed E-state index contributed by atoms with van der Waals surface area (Å²) in [6.45, 7) is 8.16. The summed E-state index contributed by atoms with van der Waals surface area (Å²) < 4.78 is 11.9. The topological polar surface area (TPSA) is 44.5 Å². The van der Waals surface area contributed by atoms with Crippen LogP contribution in [0.25, 0.3) is 0 Å². The van der Waals surface area contributed by atoms with Crippen molar-refractivity contribution in [2.75, 3.05) is 5.73 Å². The minimum Gasteiger partial charge on any atom is -0.399 e. The zero-order valence-corrected chi connectivity index (χ0v) is 11.5. The zero-order valence-electron chi connectivity index (χ0n) is 10.7. The van der Waals surface area contributed by atoms with Crippen LogP contribution in [0.1, 0.15) is 27.7 Å². The van der Waals surface area contributed by atoms with Crippen LogP contribution >= 0.6 is 12.4 Å². The zero-order chi connectivity index (χ0) is 12.0. The summed E-state index contributed by atoms with van der Waals surface area (Å²) in [5, 5.41) is 0. The van der Waals surface area contributed by atoms with Gasteiger partial charge in [-0.3, -0.25) is 0 Å². The van der Waals surface area contributed by atoms with Gasteiger partial charge in [0, 0.05) is 5.69 Å². The third kappa shape index (κ3) is 2.59. The maximum atomic E-state index is 5.93. The SMILES string of the molecule is CC1(C)OB(c2cccc(N)c2)OC1(C)C.Cl. The van der Waals surface area contributed by atoms with E-state index in [1.165, 1.54) is 0 Å². The molecular weight excluding hydrogens is 236 g/mol. The standard InChI is InChI=1S/C12H18BNO2.ClH/c1-11(2)12(3,4)16-13(15-11)9-6-5-7-10(14)8-9;/h5-8H,14H2,1-4H3;1H. The number of halogens is 1. The van der Waals surface area contributed by atoms with Crippen molar-refractivity contribution in [1.29, 1.82) is 0 Å². The molecule has 0 atom stereocenters. The van der Waals surface area contributed by atoms with Gasteiger partial charge in [0.1, 0.15) is 0 Å². The van der Waals surface area contributed by atoms with E-state index < -0.39 is 0 Å². The molecule has 1 saturated heterocycles. The van der Waals surface area contributed by atoms with E-state index in [1.54, 1.807) is 0 Å². The Balaban J connectivity index is 0.00000144. The first kappa shape index (κ1) is 14.4. The summed E-state index contributed by atoms with van der Waals surface area (Å²) in [5.41, 5.74) is 6.84. The number of nitrogens with two attached hydrogens (primary N) is 1. The van der Waals surface area contributed by atoms with Gasteiger partial charge in [0.15, 0.2) is 0 Å². The van der Waals surface area contributed by atoms with Crippen molar-refractivity contribution in [3.63, 3.8) is 0 Å². The molecule has 3 nitrogen and oxygen atoms in total. The van der Waals surface area contributed by atoms with Crippen molar-refractivity contribution in [3.8, 4) is 0 Å². The Labute approximate surface area is 109 Å². The lowest BCUT2D eigenvalue weighted by Crippen LogP contribution is -2.41. The monoisotopic (exact) mass is 255 g/mol. The summed E-state index contributed by atoms with van der Waals surface area (Å²) in [4.78, 5) is 0. The van der Waals surface area contributed by atoms with Crippen LogP contribution in [0.5, 0.6) is 0 Å². The Bertz CT molecular complexity index is 393. The molecule has 1 aromatic rings. The van der Waals surface area contributed by atoms with Gasteiger partial charge in [0.2, 0.25) is 0 Å². The van der Waals surface area contributed by atoms with E-state index >= 15 is 0 Å². The van der Waals surface area contributed by atoms with Gasteiger partial charge in [-0.25, -0.2) is 0 Å². The quantitative estimate of drug-likeness (QED) is 0.616. The van der Waals surface area contributed by atoms with Gasteiger partial charge >= 0.3 is 7.12 Å². The molecule has 5 heteroatoms. The van der Waals surface area contributed by atoms with Gasteiger partial charge in [0.25, 0.3) is 0 Å². The predicted molar refractivity (Wildman–Crippen MR) is 73.8 cm³/mol. The van der Waals surface area contributed by atoms with Gasteiger partial charge in [-0.05, 0) is 45.3 Å². The maximum Gasteiger partial charge on any atom is 0.494 e. The second-order valence-electron chi connectivity index (χ2n) is 5.26. The van der Waals surface area contributed by atoms with Crippen LogP contribution in [0.15, 0.2) is 24.3 Å². The average Bonchev–Trinajstić information content (AvgIpc) is 2.36. The van der Waals surface area contributed by atoms with Gasteiger partial charge in [-0.15, -0.1) is 12.4 Å². The molecule has 1 heterocycles. The molecule has 94 valence electrons. The van der Waals surface area contributed by atoms with Crippen molar-refractivity contribution < 1.29 is 9.31 Å². The summed E-state index contributed by atoms with van der Waals surface area (Å²) in [5.74, 6) is 0. The molecule has 0 aromatic heterocycles. The first-order valence-electron chi connectivity index (χ1n) is 5.53. The van der Waals surface area contributed by atoms with Crippen molar-refractivity contribution in [3.05, 3.63) is 24.3 Å². The van der Waals surface area contributed by atoms with Gasteiger partial charge in [-0.2, -0.15) is 0 Å². The van der Waals surface area contributed by atoms with E-state index in [2.05, 4.69) is 0 Å². The van der Waals surface area contributed by atoms with E-state index in [1.807, 2.05) is 52.0 Å². The second kappa shape index (κ2) is 4.52. The summed E-state index contributed by atoms with van der Waals surface area (Å²) in [7, 11) is -0.325. The first-order chi connectivity index (χ1) is 7.32. The summed E-state index contributed by atoms with van der Waals surface area (Å²) in [6, 6.07) is 7.63. The normalized spacial score (nSPS) is 21.1. The number of hydrogen-bond donors (Lipinski definition) is 1. The summed E-state index contributed by atoms with van der Waals surface area (Å²) in [6.07, 6.45) is 0. The number of hydrogen-bond acceptors (Lipinski definition) is 3. The molecule has 0 bridgehead atoms. The van der Waals surface area contributed by atoms with Crippen molar-refractivity contribution in [1.82, 2.24) is 0 Å². The predicted octanol–water partition coefficient (Wildman–Crippen LogP) is 1.99. The molecule has 1 aliphatic rings. The molecule has 0 unspecified atom stereocenters. The van der Waals surface area contributed by atoms with Gasteiger partial charge in [-0.1, -0.05) is 12.1 Å². The largest absolute Gasteiger partial charge is 0.494 e. The van der Waals surface area contributed by atoms with Crippen LogP contribution in [0.2, 0.25) is 0 Å². The smallest absolute Gasteiger partial charge is 0.399 e. The first-order valence-corrected chi connectivity index (χ1v) is 5.53. The summed E-state index contributed by atoms with van der Waals surface area (Å²) >= 11 is 0. The van der Waals surface area contributed by atoms with E-state index in [4.69, 9.17) is 15.0 Å². The van der Waals surface area contributed by atoms with Crippen molar-refractivity contribution in [2.24, 2.45) is 0 Å². The number of rotatable bonds is 1. The third-order valence-electron chi connectivity index (χ3n) is 3.44. The molecule has 2 rings (SSSR count). The highest BCUT2D eigenvalue weighted by atomic mass is 35.5. The highest BCUT2D eigenvalue weighted by Gasteiger charge is 2.51. The van der Waals surface area contributed by atoms with E-state index in [9.17, 15) is 0 Å². The van der Waals surface area contributed by atoms with E-state index in [-0.39, 0.29) is 30.7 Å². The highest BCUT2D eigenvalue weighted by Crippen LogP contribution is 2.36. The number of anilines is 1. The molecular formula is C12H19BClNO2. The van der Waals surface area contributed by atoms with Gasteiger partial charge < -0.3 is 15.0 Å². The molecule has 1 fully saturated rings. The van der Waals surface area contributed by atoms with Gasteiger partial charge in [0.05, 0.1) is 11.2 Å². The molecule has 17 heavy (non-hydrogen) atoms.